The summed E-state index contributed by atoms with van der Waals surface area (Å²) in [6.07, 6.45) is -1.14. The molecule has 1 aliphatic rings. The average molecular weight is 1010 g/mol. The van der Waals surface area contributed by atoms with E-state index in [1.54, 1.807) is 30.3 Å². The Labute approximate surface area is 408 Å². The molecule has 1 aliphatic heterocycles. The van der Waals surface area contributed by atoms with Crippen LogP contribution >= 0.6 is 0 Å². The summed E-state index contributed by atoms with van der Waals surface area (Å²) in [5.41, 5.74) is 22.5. The number of unbranched alkanes of at least 4 members (excludes halogenated alkanes) is 1. The second kappa shape index (κ2) is 30.9. The molecule has 0 bridgehead atoms. The molecule has 1 fully saturated rings. The number of nitrogens with two attached hydrogens (primary N) is 4. The molecule has 8 amide bonds. The molecule has 1 heterocycles. The first-order valence-corrected chi connectivity index (χ1v) is 22.8. The van der Waals surface area contributed by atoms with Gasteiger partial charge >= 0.3 is 17.9 Å². The number of hydrogen-bond acceptors (Lipinski definition) is 15. The average Bonchev–Trinajstić information content (AvgIpc) is 3.82. The molecule has 1 aromatic carbocycles. The van der Waals surface area contributed by atoms with Crippen LogP contribution in [0.3, 0.4) is 0 Å². The van der Waals surface area contributed by atoms with E-state index in [1.807, 2.05) is 0 Å². The SMILES string of the molecule is C[C@H](N)C(=O)N[C@@H](CCCCN)C(=O)N[C@@H](CC(=O)O)C(=O)N[C@@H](CO)C(=O)N[C@@H](Cc1ccccc1)C(=O)N[C@@H](CCCN=C(N)N)C(=O)N[C@@H](CCC(=O)O)C(=O)NCC(=O)N1CCC[C@H]1C(=O)O. The van der Waals surface area contributed by atoms with E-state index < -0.39 is 146 Å². The number of aliphatic imine (C=N–C) groups is 1. The lowest BCUT2D eigenvalue weighted by atomic mass is 10.0. The lowest BCUT2D eigenvalue weighted by molar-refractivity contribution is -0.148. The fourth-order valence-corrected chi connectivity index (χ4v) is 7.08. The van der Waals surface area contributed by atoms with Crippen molar-refractivity contribution in [2.45, 2.75) is 126 Å². The molecule has 1 aromatic rings. The number of aliphatic hydroxyl groups is 1. The zero-order chi connectivity index (χ0) is 53.2. The predicted octanol–water partition coefficient (Wildman–Crippen LogP) is -5.81. The van der Waals surface area contributed by atoms with Crippen molar-refractivity contribution in [3.8, 4) is 0 Å². The van der Waals surface area contributed by atoms with Gasteiger partial charge in [0.15, 0.2) is 5.96 Å². The van der Waals surface area contributed by atoms with Crippen LogP contribution in [0.1, 0.15) is 76.7 Å². The van der Waals surface area contributed by atoms with E-state index in [-0.39, 0.29) is 57.7 Å². The van der Waals surface area contributed by atoms with Crippen LogP contribution in [-0.2, 0) is 59.2 Å². The molecule has 28 nitrogen and oxygen atoms in total. The molecule has 0 unspecified atom stereocenters. The van der Waals surface area contributed by atoms with Crippen LogP contribution in [0.5, 0.6) is 0 Å². The first kappa shape index (κ1) is 59.7. The number of carboxylic acid groups (broad SMARTS) is 3. The van der Waals surface area contributed by atoms with E-state index in [1.165, 1.54) is 6.92 Å². The van der Waals surface area contributed by atoms with Crippen LogP contribution in [0.25, 0.3) is 0 Å². The first-order valence-electron chi connectivity index (χ1n) is 22.8. The van der Waals surface area contributed by atoms with Gasteiger partial charge in [-0.1, -0.05) is 30.3 Å². The Morgan fingerprint density at radius 1 is 0.676 bits per heavy atom. The minimum atomic E-state index is -1.88. The first-order chi connectivity index (χ1) is 33.6. The number of nitrogens with one attached hydrogen (secondary N) is 7. The summed E-state index contributed by atoms with van der Waals surface area (Å²) in [6, 6.07) is -3.77. The summed E-state index contributed by atoms with van der Waals surface area (Å²) in [5.74, 6) is -12.3. The third-order valence-corrected chi connectivity index (χ3v) is 10.9. The summed E-state index contributed by atoms with van der Waals surface area (Å²) in [6.45, 7) is -0.108. The van der Waals surface area contributed by atoms with Gasteiger partial charge in [0.25, 0.3) is 0 Å². The van der Waals surface area contributed by atoms with Crippen molar-refractivity contribution in [3.63, 3.8) is 0 Å². The molecule has 71 heavy (non-hydrogen) atoms. The highest BCUT2D eigenvalue weighted by Crippen LogP contribution is 2.17. The lowest BCUT2D eigenvalue weighted by Gasteiger charge is -2.27. The fraction of sp³-hybridized carbons (Fsp3) is 0.581. The maximum Gasteiger partial charge on any atom is 0.326 e. The van der Waals surface area contributed by atoms with Crippen molar-refractivity contribution >= 4 is 71.1 Å². The Bertz CT molecular complexity index is 2060. The number of carboxylic acids is 3. The molecule has 28 heteroatoms. The normalized spacial score (nSPS) is 15.9. The van der Waals surface area contributed by atoms with Crippen LogP contribution in [0.4, 0.5) is 0 Å². The smallest absolute Gasteiger partial charge is 0.326 e. The molecule has 0 spiro atoms. The van der Waals surface area contributed by atoms with Crippen molar-refractivity contribution < 1.29 is 73.2 Å². The molecule has 8 atom stereocenters. The quantitative estimate of drug-likeness (QED) is 0.0182. The summed E-state index contributed by atoms with van der Waals surface area (Å²) < 4.78 is 0. The minimum Gasteiger partial charge on any atom is -0.481 e. The molecule has 0 aliphatic carbocycles. The Morgan fingerprint density at radius 3 is 1.75 bits per heavy atom. The van der Waals surface area contributed by atoms with E-state index in [4.69, 9.17) is 22.9 Å². The van der Waals surface area contributed by atoms with Crippen LogP contribution < -0.4 is 60.2 Å². The minimum absolute atomic E-state index is 0.0344. The molecule has 0 aromatic heterocycles. The van der Waals surface area contributed by atoms with Crippen LogP contribution in [0.2, 0.25) is 0 Å². The molecule has 19 N–H and O–H groups in total. The highest BCUT2D eigenvalue weighted by molar-refractivity contribution is 5.98. The number of carbonyl (C=O) groups is 11. The van der Waals surface area contributed by atoms with Crippen molar-refractivity contribution in [1.82, 2.24) is 42.1 Å². The number of likely N-dealkylation sites (tertiary alicyclic amines) is 1. The van der Waals surface area contributed by atoms with Gasteiger partial charge in [-0.15, -0.1) is 0 Å². The molecule has 1 saturated heterocycles. The third-order valence-electron chi connectivity index (χ3n) is 10.9. The number of rotatable bonds is 32. The molecule has 0 radical (unpaired) electrons. The maximum absolute atomic E-state index is 14.2. The molecule has 0 saturated carbocycles. The number of hydrogen-bond donors (Lipinski definition) is 15. The zero-order valence-electron chi connectivity index (χ0n) is 39.3. The Hall–Kier alpha value is -7.46. The Morgan fingerprint density at radius 2 is 1.20 bits per heavy atom. The Balaban J connectivity index is 2.40. The van der Waals surface area contributed by atoms with Crippen LogP contribution in [0, 0.1) is 0 Å². The number of aliphatic carboxylic acids is 3. The third kappa shape index (κ3) is 21.8. The van der Waals surface area contributed by atoms with Gasteiger partial charge in [-0.05, 0) is 70.4 Å². The number of amides is 8. The van der Waals surface area contributed by atoms with Gasteiger partial charge in [-0.3, -0.25) is 52.9 Å². The van der Waals surface area contributed by atoms with Gasteiger partial charge in [-0.2, -0.15) is 0 Å². The van der Waals surface area contributed by atoms with E-state index in [0.717, 1.165) is 4.90 Å². The van der Waals surface area contributed by atoms with E-state index in [0.29, 0.717) is 24.8 Å². The Kier molecular flexibility index (Phi) is 26.0. The van der Waals surface area contributed by atoms with Gasteiger partial charge < -0.3 is 85.5 Å². The largest absolute Gasteiger partial charge is 0.481 e. The summed E-state index contributed by atoms with van der Waals surface area (Å²) in [4.78, 5) is 147. The van der Waals surface area contributed by atoms with Gasteiger partial charge in [0, 0.05) is 25.9 Å². The molecular formula is C43H67N13O15. The lowest BCUT2D eigenvalue weighted by Crippen LogP contribution is -2.61. The van der Waals surface area contributed by atoms with E-state index >= 15 is 0 Å². The number of aliphatic hydroxyl groups excluding tert-OH is 1. The standard InChI is InChI=1S/C43H67N13O15/c1-23(45)35(63)50-25(11-5-6-16-44)38(66)54-29(20-34(61)62)40(68)55-30(22-57)41(69)53-28(19-24-9-3-2-4-10-24)39(67)51-26(12-7-17-48-43(46)47)37(65)52-27(14-15-33(59)60)36(64)49-21-32(58)56-18-8-13-31(56)42(70)71/h2-4,9-10,23,25-31,57H,5-8,11-22,44-45H2,1H3,(H,49,64)(H,50,63)(H,51,67)(H,52,65)(H,53,69)(H,54,66)(H,55,68)(H,59,60)(H,61,62)(H,70,71)(H4,46,47,48)/t23-,25-,26-,27-,28-,29-,30-,31-/m0/s1. The maximum atomic E-state index is 14.2. The van der Waals surface area contributed by atoms with Gasteiger partial charge in [0.1, 0.15) is 42.3 Å². The monoisotopic (exact) mass is 1010 g/mol. The second-order valence-corrected chi connectivity index (χ2v) is 16.6. The van der Waals surface area contributed by atoms with Gasteiger partial charge in [-0.25, -0.2) is 4.79 Å². The fourth-order valence-electron chi connectivity index (χ4n) is 7.08. The van der Waals surface area contributed by atoms with Crippen molar-refractivity contribution in [1.29, 1.82) is 0 Å². The van der Waals surface area contributed by atoms with E-state index in [2.05, 4.69) is 42.2 Å². The van der Waals surface area contributed by atoms with Crippen LogP contribution in [-0.4, -0.2) is 178 Å². The van der Waals surface area contributed by atoms with E-state index in [9.17, 15) is 73.2 Å². The summed E-state index contributed by atoms with van der Waals surface area (Å²) >= 11 is 0. The van der Waals surface area contributed by atoms with Gasteiger partial charge in [0.2, 0.25) is 47.3 Å². The van der Waals surface area contributed by atoms with Crippen molar-refractivity contribution in [2.75, 3.05) is 32.8 Å². The summed E-state index contributed by atoms with van der Waals surface area (Å²) in [7, 11) is 0. The highest BCUT2D eigenvalue weighted by atomic mass is 16.4. The number of nitrogens with zero attached hydrogens (tertiary/aromatic N) is 2. The predicted molar refractivity (Wildman–Crippen MR) is 250 cm³/mol. The molecule has 2 rings (SSSR count). The van der Waals surface area contributed by atoms with Crippen LogP contribution in [0.15, 0.2) is 35.3 Å². The summed E-state index contributed by atoms with van der Waals surface area (Å²) in [5, 5.41) is 55.2. The molecule has 394 valence electrons. The van der Waals surface area contributed by atoms with Crippen molar-refractivity contribution in [3.05, 3.63) is 35.9 Å². The second-order valence-electron chi connectivity index (χ2n) is 16.6. The molecular weight excluding hydrogens is 939 g/mol. The zero-order valence-corrected chi connectivity index (χ0v) is 39.3. The number of guanidine groups is 1. The van der Waals surface area contributed by atoms with Crippen molar-refractivity contribution in [2.24, 2.45) is 27.9 Å². The topological polar surface area (TPSA) is 473 Å². The number of carbonyl (C=O) groups excluding carboxylic acids is 8. The highest BCUT2D eigenvalue weighted by Gasteiger charge is 2.36. The van der Waals surface area contributed by atoms with Gasteiger partial charge in [0.05, 0.1) is 25.6 Å². The number of benzene rings is 1.